The number of para-hydroxylation sites is 1. The average Bonchev–Trinajstić information content (AvgIpc) is 3.04. The van der Waals surface area contributed by atoms with Crippen molar-refractivity contribution >= 4 is 23.2 Å². The van der Waals surface area contributed by atoms with Gasteiger partial charge in [0.1, 0.15) is 0 Å². The summed E-state index contributed by atoms with van der Waals surface area (Å²) in [5.41, 5.74) is 3.85. The van der Waals surface area contributed by atoms with Crippen molar-refractivity contribution in [3.63, 3.8) is 0 Å². The van der Waals surface area contributed by atoms with Crippen LogP contribution in [0, 0.1) is 13.8 Å². The lowest BCUT2D eigenvalue weighted by atomic mass is 9.83. The van der Waals surface area contributed by atoms with E-state index in [2.05, 4.69) is 5.10 Å². The molecular formula is C22H25N3O4. The summed E-state index contributed by atoms with van der Waals surface area (Å²) in [5, 5.41) is 4.13. The van der Waals surface area contributed by atoms with Gasteiger partial charge in [-0.1, -0.05) is 32.0 Å². The van der Waals surface area contributed by atoms with Crippen LogP contribution in [0.5, 0.6) is 0 Å². The summed E-state index contributed by atoms with van der Waals surface area (Å²) in [6, 6.07) is 7.95. The highest BCUT2D eigenvalue weighted by molar-refractivity contribution is 6.41. The standard InChI is InChI=1S/C22H25N3O4/c1-13-19(14(2)25(6)23-13)20(27)21(28)29-12-15(26)11-18-22(3,4)16-9-7-8-10-17(16)24(18)5/h7-11H,12H2,1-6H3/b18-11+. The third-order valence-corrected chi connectivity index (χ3v) is 5.51. The molecule has 0 aliphatic carbocycles. The van der Waals surface area contributed by atoms with Crippen molar-refractivity contribution in [1.82, 2.24) is 9.78 Å². The van der Waals surface area contributed by atoms with Gasteiger partial charge in [-0.05, 0) is 25.5 Å². The molecule has 0 unspecified atom stereocenters. The molecule has 7 nitrogen and oxygen atoms in total. The van der Waals surface area contributed by atoms with Gasteiger partial charge >= 0.3 is 5.97 Å². The van der Waals surface area contributed by atoms with Crippen molar-refractivity contribution in [2.24, 2.45) is 7.05 Å². The second-order valence-corrected chi connectivity index (χ2v) is 7.77. The molecule has 152 valence electrons. The zero-order valence-electron chi connectivity index (χ0n) is 17.6. The van der Waals surface area contributed by atoms with Gasteiger partial charge in [-0.15, -0.1) is 0 Å². The lowest BCUT2D eigenvalue weighted by Gasteiger charge is -2.23. The summed E-state index contributed by atoms with van der Waals surface area (Å²) >= 11 is 0. The van der Waals surface area contributed by atoms with Crippen LogP contribution in [0.25, 0.3) is 0 Å². The molecule has 1 aliphatic heterocycles. The molecule has 0 spiro atoms. The van der Waals surface area contributed by atoms with E-state index in [1.54, 1.807) is 20.9 Å². The highest BCUT2D eigenvalue weighted by Crippen LogP contribution is 2.46. The van der Waals surface area contributed by atoms with Gasteiger partial charge in [-0.25, -0.2) is 4.79 Å². The second kappa shape index (κ2) is 7.31. The predicted octanol–water partition coefficient (Wildman–Crippen LogP) is 2.64. The van der Waals surface area contributed by atoms with Crippen molar-refractivity contribution in [2.75, 3.05) is 18.6 Å². The van der Waals surface area contributed by atoms with Gasteiger partial charge in [-0.3, -0.25) is 14.3 Å². The molecule has 0 amide bonds. The second-order valence-electron chi connectivity index (χ2n) is 7.77. The SMILES string of the molecule is Cc1nn(C)c(C)c1C(=O)C(=O)OCC(=O)/C=C1/N(C)c2ccccc2C1(C)C. The van der Waals surface area contributed by atoms with Crippen molar-refractivity contribution in [1.29, 1.82) is 0 Å². The van der Waals surface area contributed by atoms with E-state index < -0.39 is 18.4 Å². The Kier molecular flexibility index (Phi) is 5.17. The molecule has 0 fully saturated rings. The minimum absolute atomic E-state index is 0.218. The lowest BCUT2D eigenvalue weighted by Crippen LogP contribution is -2.26. The van der Waals surface area contributed by atoms with Crippen LogP contribution < -0.4 is 4.90 Å². The molecule has 1 aromatic heterocycles. The van der Waals surface area contributed by atoms with E-state index in [1.165, 1.54) is 10.8 Å². The monoisotopic (exact) mass is 395 g/mol. The number of Topliss-reactive ketones (excluding diaryl/α,β-unsaturated/α-hetero) is 1. The molecule has 0 atom stereocenters. The number of benzene rings is 1. The Morgan fingerprint density at radius 3 is 2.38 bits per heavy atom. The maximum Gasteiger partial charge on any atom is 0.380 e. The topological polar surface area (TPSA) is 81.5 Å². The number of esters is 1. The highest BCUT2D eigenvalue weighted by Gasteiger charge is 2.38. The number of hydrogen-bond donors (Lipinski definition) is 0. The van der Waals surface area contributed by atoms with Crippen LogP contribution in [0.3, 0.4) is 0 Å². The molecule has 0 saturated carbocycles. The van der Waals surface area contributed by atoms with Gasteiger partial charge in [-0.2, -0.15) is 5.10 Å². The van der Waals surface area contributed by atoms with Crippen molar-refractivity contribution in [3.8, 4) is 0 Å². The van der Waals surface area contributed by atoms with E-state index in [-0.39, 0.29) is 16.8 Å². The number of rotatable bonds is 5. The molecule has 0 N–H and O–H groups in total. The molecule has 7 heteroatoms. The minimum atomic E-state index is -1.06. The minimum Gasteiger partial charge on any atom is -0.451 e. The Hall–Kier alpha value is -3.22. The van der Waals surface area contributed by atoms with Crippen molar-refractivity contribution in [2.45, 2.75) is 33.1 Å². The number of fused-ring (bicyclic) bond motifs is 1. The summed E-state index contributed by atoms with van der Waals surface area (Å²) in [5.74, 6) is -2.23. The number of ketones is 2. The van der Waals surface area contributed by atoms with Gasteiger partial charge < -0.3 is 9.64 Å². The summed E-state index contributed by atoms with van der Waals surface area (Å²) in [6.07, 6.45) is 1.48. The van der Waals surface area contributed by atoms with E-state index in [0.717, 1.165) is 16.9 Å². The summed E-state index contributed by atoms with van der Waals surface area (Å²) in [7, 11) is 3.59. The van der Waals surface area contributed by atoms with Crippen LogP contribution in [0.4, 0.5) is 5.69 Å². The quantitative estimate of drug-likeness (QED) is 0.335. The number of aromatic nitrogens is 2. The average molecular weight is 395 g/mol. The largest absolute Gasteiger partial charge is 0.451 e. The van der Waals surface area contributed by atoms with Crippen molar-refractivity contribution in [3.05, 3.63) is 58.6 Å². The first-order chi connectivity index (χ1) is 13.6. The van der Waals surface area contributed by atoms with E-state index in [4.69, 9.17) is 4.74 Å². The lowest BCUT2D eigenvalue weighted by molar-refractivity contribution is -0.142. The molecule has 1 aromatic carbocycles. The highest BCUT2D eigenvalue weighted by atomic mass is 16.5. The van der Waals surface area contributed by atoms with Gasteiger partial charge in [0.25, 0.3) is 5.78 Å². The molecule has 2 aromatic rings. The van der Waals surface area contributed by atoms with Gasteiger partial charge in [0.15, 0.2) is 12.4 Å². The maximum atomic E-state index is 12.5. The molecule has 3 rings (SSSR count). The third kappa shape index (κ3) is 3.48. The van der Waals surface area contributed by atoms with E-state index >= 15 is 0 Å². The van der Waals surface area contributed by atoms with Gasteiger partial charge in [0, 0.05) is 42.7 Å². The zero-order chi connectivity index (χ0) is 21.5. The number of allylic oxidation sites excluding steroid dienone is 1. The smallest absolute Gasteiger partial charge is 0.380 e. The number of carbonyl (C=O) groups excluding carboxylic acids is 3. The molecule has 0 radical (unpaired) electrons. The number of anilines is 1. The third-order valence-electron chi connectivity index (χ3n) is 5.51. The van der Waals surface area contributed by atoms with Crippen LogP contribution in [0.15, 0.2) is 36.0 Å². The van der Waals surface area contributed by atoms with E-state index in [1.807, 2.05) is 50.1 Å². The molecule has 29 heavy (non-hydrogen) atoms. The molecular weight excluding hydrogens is 370 g/mol. The summed E-state index contributed by atoms with van der Waals surface area (Å²) in [4.78, 5) is 39.0. The Morgan fingerprint density at radius 1 is 1.14 bits per heavy atom. The number of aryl methyl sites for hydroxylation is 2. The number of likely N-dealkylation sites (N-methyl/N-ethyl adjacent to an activating group) is 1. The zero-order valence-corrected chi connectivity index (χ0v) is 17.6. The summed E-state index contributed by atoms with van der Waals surface area (Å²) in [6.45, 7) is 6.94. The molecule has 0 saturated heterocycles. The fourth-order valence-electron chi connectivity index (χ4n) is 3.86. The fraction of sp³-hybridized carbons (Fsp3) is 0.364. The first-order valence-electron chi connectivity index (χ1n) is 9.35. The first kappa shape index (κ1) is 20.5. The Balaban J connectivity index is 1.72. The number of ether oxygens (including phenoxy) is 1. The first-order valence-corrected chi connectivity index (χ1v) is 9.35. The van der Waals surface area contributed by atoms with Crippen LogP contribution in [0.2, 0.25) is 0 Å². The van der Waals surface area contributed by atoms with Crippen LogP contribution in [-0.4, -0.2) is 41.0 Å². The molecule has 1 aliphatic rings. The van der Waals surface area contributed by atoms with Crippen molar-refractivity contribution < 1.29 is 19.1 Å². The molecule has 2 heterocycles. The van der Waals surface area contributed by atoms with Gasteiger partial charge in [0.05, 0.1) is 11.3 Å². The molecule has 0 bridgehead atoms. The number of carbonyl (C=O) groups is 3. The predicted molar refractivity (Wildman–Crippen MR) is 109 cm³/mol. The van der Waals surface area contributed by atoms with Crippen LogP contribution in [-0.2, 0) is 26.8 Å². The van der Waals surface area contributed by atoms with Crippen LogP contribution >= 0.6 is 0 Å². The Bertz CT molecular complexity index is 1050. The Morgan fingerprint density at radius 2 is 1.79 bits per heavy atom. The Labute approximate surface area is 170 Å². The maximum absolute atomic E-state index is 12.5. The van der Waals surface area contributed by atoms with E-state index in [0.29, 0.717) is 11.4 Å². The van der Waals surface area contributed by atoms with Gasteiger partial charge in [0.2, 0.25) is 0 Å². The summed E-state index contributed by atoms with van der Waals surface area (Å²) < 4.78 is 6.52. The normalized spacial score (nSPS) is 16.1. The number of hydrogen-bond acceptors (Lipinski definition) is 6. The fourth-order valence-corrected chi connectivity index (χ4v) is 3.86. The van der Waals surface area contributed by atoms with Crippen LogP contribution in [0.1, 0.15) is 41.2 Å². The van der Waals surface area contributed by atoms with E-state index in [9.17, 15) is 14.4 Å². The number of nitrogens with zero attached hydrogens (tertiary/aromatic N) is 3.